The topological polar surface area (TPSA) is 47.0 Å². The van der Waals surface area contributed by atoms with Gasteiger partial charge in [-0.1, -0.05) is 0 Å². The second-order valence-electron chi connectivity index (χ2n) is 2.80. The summed E-state index contributed by atoms with van der Waals surface area (Å²) in [4.78, 5) is 8.18. The Bertz CT molecular complexity index is 245. The molecule has 0 aliphatic rings. The van der Waals surface area contributed by atoms with Gasteiger partial charge in [-0.15, -0.1) is 11.8 Å². The number of nitrogens with zero attached hydrogens (tertiary/aromatic N) is 2. The number of ether oxygens (including phenoxy) is 1. The second-order valence-corrected chi connectivity index (χ2v) is 3.84. The molecule has 78 valence electrons. The van der Waals surface area contributed by atoms with E-state index in [0.29, 0.717) is 12.6 Å². The molecule has 0 aliphatic heterocycles. The van der Waals surface area contributed by atoms with Gasteiger partial charge < -0.3 is 10.1 Å². The number of rotatable bonds is 6. The van der Waals surface area contributed by atoms with Gasteiger partial charge in [-0.05, 0) is 7.05 Å². The third kappa shape index (κ3) is 4.04. The molecule has 0 saturated carbocycles. The molecule has 1 N–H and O–H groups in total. The molecular formula is C9H15N3OS. The van der Waals surface area contributed by atoms with Gasteiger partial charge in [0.2, 0.25) is 0 Å². The molecule has 0 bridgehead atoms. The van der Waals surface area contributed by atoms with Gasteiger partial charge in [0.05, 0.1) is 12.8 Å². The van der Waals surface area contributed by atoms with E-state index < -0.39 is 0 Å². The summed E-state index contributed by atoms with van der Waals surface area (Å²) in [6, 6.07) is 0.354. The summed E-state index contributed by atoms with van der Waals surface area (Å²) in [5.41, 5.74) is 0. The molecule has 0 radical (unpaired) electrons. The van der Waals surface area contributed by atoms with E-state index in [1.54, 1.807) is 37.5 Å². The molecule has 1 heterocycles. The van der Waals surface area contributed by atoms with Crippen LogP contribution in [0.3, 0.4) is 0 Å². The summed E-state index contributed by atoms with van der Waals surface area (Å²) in [5.74, 6) is 0.934. The molecule has 0 spiro atoms. The Kier molecular flexibility index (Phi) is 5.51. The molecule has 0 fully saturated rings. The summed E-state index contributed by atoms with van der Waals surface area (Å²) < 4.78 is 5.07. The van der Waals surface area contributed by atoms with E-state index in [1.165, 1.54) is 0 Å². The molecule has 5 heteroatoms. The zero-order valence-corrected chi connectivity index (χ0v) is 9.25. The molecule has 0 saturated heterocycles. The summed E-state index contributed by atoms with van der Waals surface area (Å²) in [5, 5.41) is 4.13. The maximum atomic E-state index is 5.07. The molecule has 1 unspecified atom stereocenters. The fraction of sp³-hybridized carbons (Fsp3) is 0.556. The third-order valence-corrected chi connectivity index (χ3v) is 2.82. The number of aromatic nitrogens is 2. The van der Waals surface area contributed by atoms with Crippen LogP contribution in [0.15, 0.2) is 23.6 Å². The van der Waals surface area contributed by atoms with Crippen LogP contribution in [0.5, 0.6) is 0 Å². The zero-order chi connectivity index (χ0) is 10.2. The van der Waals surface area contributed by atoms with E-state index in [9.17, 15) is 0 Å². The van der Waals surface area contributed by atoms with Crippen molar-refractivity contribution in [2.24, 2.45) is 0 Å². The van der Waals surface area contributed by atoms with Crippen LogP contribution in [0.25, 0.3) is 0 Å². The van der Waals surface area contributed by atoms with E-state index >= 15 is 0 Å². The fourth-order valence-corrected chi connectivity index (χ4v) is 1.87. The van der Waals surface area contributed by atoms with E-state index in [4.69, 9.17) is 4.74 Å². The quantitative estimate of drug-likeness (QED) is 0.708. The van der Waals surface area contributed by atoms with Gasteiger partial charge >= 0.3 is 0 Å². The van der Waals surface area contributed by atoms with E-state index in [-0.39, 0.29) is 0 Å². The number of thioether (sulfide) groups is 1. The Morgan fingerprint density at radius 3 is 3.00 bits per heavy atom. The highest BCUT2D eigenvalue weighted by Crippen LogP contribution is 2.13. The molecule has 0 aliphatic carbocycles. The van der Waals surface area contributed by atoms with Crippen molar-refractivity contribution in [1.29, 1.82) is 0 Å². The lowest BCUT2D eigenvalue weighted by Gasteiger charge is -2.13. The lowest BCUT2D eigenvalue weighted by molar-refractivity contribution is 0.177. The first-order valence-corrected chi connectivity index (χ1v) is 5.40. The maximum absolute atomic E-state index is 5.07. The van der Waals surface area contributed by atoms with Gasteiger partial charge in [-0.3, -0.25) is 4.98 Å². The molecule has 1 rings (SSSR count). The Morgan fingerprint density at radius 1 is 1.57 bits per heavy atom. The Labute approximate surface area is 88.5 Å². The van der Waals surface area contributed by atoms with Crippen LogP contribution in [0.4, 0.5) is 0 Å². The van der Waals surface area contributed by atoms with Crippen LogP contribution in [-0.2, 0) is 4.74 Å². The standard InChI is InChI=1S/C9H15N3OS/c1-10-8(6-13-2)7-14-9-5-11-3-4-12-9/h3-5,8,10H,6-7H2,1-2H3. The van der Waals surface area contributed by atoms with Gasteiger partial charge in [0.25, 0.3) is 0 Å². The molecular weight excluding hydrogens is 198 g/mol. The summed E-state index contributed by atoms with van der Waals surface area (Å²) in [6.45, 7) is 0.712. The average Bonchev–Trinajstić information content (AvgIpc) is 2.25. The average molecular weight is 213 g/mol. The van der Waals surface area contributed by atoms with Crippen LogP contribution in [0.2, 0.25) is 0 Å². The van der Waals surface area contributed by atoms with Crippen LogP contribution < -0.4 is 5.32 Å². The molecule has 0 amide bonds. The highest BCUT2D eigenvalue weighted by Gasteiger charge is 2.06. The van der Waals surface area contributed by atoms with Crippen molar-refractivity contribution in [2.45, 2.75) is 11.1 Å². The smallest absolute Gasteiger partial charge is 0.114 e. The highest BCUT2D eigenvalue weighted by molar-refractivity contribution is 7.99. The number of methoxy groups -OCH3 is 1. The molecule has 0 aromatic carbocycles. The van der Waals surface area contributed by atoms with Crippen molar-refractivity contribution in [3.63, 3.8) is 0 Å². The van der Waals surface area contributed by atoms with Crippen molar-refractivity contribution in [2.75, 3.05) is 26.5 Å². The normalized spacial score (nSPS) is 12.7. The van der Waals surface area contributed by atoms with Crippen molar-refractivity contribution in [3.8, 4) is 0 Å². The second kappa shape index (κ2) is 6.75. The summed E-state index contributed by atoms with van der Waals surface area (Å²) in [7, 11) is 3.64. The molecule has 1 aromatic rings. The van der Waals surface area contributed by atoms with Gasteiger partial charge in [0, 0.05) is 31.3 Å². The number of nitrogens with one attached hydrogen (secondary N) is 1. The van der Waals surface area contributed by atoms with Gasteiger partial charge in [0.15, 0.2) is 0 Å². The predicted octanol–water partition coefficient (Wildman–Crippen LogP) is 0.803. The van der Waals surface area contributed by atoms with Crippen molar-refractivity contribution < 1.29 is 4.74 Å². The minimum absolute atomic E-state index is 0.354. The number of likely N-dealkylation sites (N-methyl/N-ethyl adjacent to an activating group) is 1. The largest absolute Gasteiger partial charge is 0.383 e. The highest BCUT2D eigenvalue weighted by atomic mass is 32.2. The third-order valence-electron chi connectivity index (χ3n) is 1.75. The van der Waals surface area contributed by atoms with E-state index in [0.717, 1.165) is 10.8 Å². The van der Waals surface area contributed by atoms with Crippen molar-refractivity contribution >= 4 is 11.8 Å². The first-order chi connectivity index (χ1) is 6.86. The maximum Gasteiger partial charge on any atom is 0.114 e. The van der Waals surface area contributed by atoms with Crippen molar-refractivity contribution in [1.82, 2.24) is 15.3 Å². The molecule has 1 atom stereocenters. The van der Waals surface area contributed by atoms with Gasteiger partial charge in [-0.2, -0.15) is 0 Å². The van der Waals surface area contributed by atoms with E-state index in [1.807, 2.05) is 7.05 Å². The predicted molar refractivity (Wildman–Crippen MR) is 57.5 cm³/mol. The lowest BCUT2D eigenvalue weighted by Crippen LogP contribution is -2.32. The first kappa shape index (κ1) is 11.4. The number of hydrogen-bond donors (Lipinski definition) is 1. The van der Waals surface area contributed by atoms with Crippen LogP contribution in [-0.4, -0.2) is 42.5 Å². The zero-order valence-electron chi connectivity index (χ0n) is 8.43. The van der Waals surface area contributed by atoms with Crippen LogP contribution >= 0.6 is 11.8 Å². The van der Waals surface area contributed by atoms with E-state index in [2.05, 4.69) is 15.3 Å². The molecule has 1 aromatic heterocycles. The Balaban J connectivity index is 2.32. The Hall–Kier alpha value is -0.650. The van der Waals surface area contributed by atoms with Gasteiger partial charge in [-0.25, -0.2) is 4.98 Å². The Morgan fingerprint density at radius 2 is 2.43 bits per heavy atom. The summed E-state index contributed by atoms with van der Waals surface area (Å²) >= 11 is 1.68. The summed E-state index contributed by atoms with van der Waals surface area (Å²) in [6.07, 6.45) is 5.14. The monoisotopic (exact) mass is 213 g/mol. The molecule has 4 nitrogen and oxygen atoms in total. The first-order valence-electron chi connectivity index (χ1n) is 4.42. The lowest BCUT2D eigenvalue weighted by atomic mass is 10.4. The van der Waals surface area contributed by atoms with Crippen LogP contribution in [0, 0.1) is 0 Å². The van der Waals surface area contributed by atoms with Crippen molar-refractivity contribution in [3.05, 3.63) is 18.6 Å². The minimum Gasteiger partial charge on any atom is -0.383 e. The fourth-order valence-electron chi connectivity index (χ4n) is 0.962. The SMILES string of the molecule is CNC(COC)CSc1cnccn1. The minimum atomic E-state index is 0.354. The number of hydrogen-bond acceptors (Lipinski definition) is 5. The molecule has 14 heavy (non-hydrogen) atoms. The van der Waals surface area contributed by atoms with Crippen LogP contribution in [0.1, 0.15) is 0 Å². The van der Waals surface area contributed by atoms with Gasteiger partial charge in [0.1, 0.15) is 5.03 Å².